The molecular formula is C86H111NO26SSi. The van der Waals surface area contributed by atoms with Crippen molar-refractivity contribution >= 4 is 52.4 Å². The van der Waals surface area contributed by atoms with Crippen LogP contribution in [0, 0.1) is 10.1 Å². The molecule has 0 amide bonds. The summed E-state index contributed by atoms with van der Waals surface area (Å²) >= 11 is 0. The second-order valence-electron chi connectivity index (χ2n) is 31.8. The minimum Gasteiger partial charge on any atom is -0.468 e. The van der Waals surface area contributed by atoms with Gasteiger partial charge in [-0.25, -0.2) is 4.79 Å². The van der Waals surface area contributed by atoms with Crippen molar-refractivity contribution in [1.82, 2.24) is 0 Å². The summed E-state index contributed by atoms with van der Waals surface area (Å²) in [5.41, 5.74) is 2.65. The second kappa shape index (κ2) is 41.0. The van der Waals surface area contributed by atoms with Gasteiger partial charge in [-0.2, -0.15) is 8.42 Å². The van der Waals surface area contributed by atoms with Gasteiger partial charge in [0.25, 0.3) is 15.8 Å². The predicted octanol–water partition coefficient (Wildman–Crippen LogP) is 14.0. The first-order valence-electron chi connectivity index (χ1n) is 40.2. The third-order valence-corrected chi connectivity index (χ3v) is 24.4. The lowest BCUT2D eigenvalue weighted by Crippen LogP contribution is -2.57. The Morgan fingerprint density at radius 1 is 0.487 bits per heavy atom. The first kappa shape index (κ1) is 87.1. The summed E-state index contributed by atoms with van der Waals surface area (Å²) in [5, 5.41) is 13.6. The summed E-state index contributed by atoms with van der Waals surface area (Å²) in [7, 11) is -5.63. The lowest BCUT2D eigenvalue weighted by Gasteiger charge is -2.47. The number of carbonyl (C=O) groups is 3. The molecule has 6 aromatic carbocycles. The molecule has 6 heterocycles. The molecular weight excluding hydrogens is 1520 g/mol. The monoisotopic (exact) mass is 1630 g/mol. The van der Waals surface area contributed by atoms with Crippen LogP contribution in [-0.2, 0) is 119 Å². The van der Waals surface area contributed by atoms with Crippen molar-refractivity contribution in [2.24, 2.45) is 0 Å². The SMILES string of the molecule is CC(=O)CCC(=O)O[C@H]1CC[C@H](O[C@@H]2[C@@H](C)O[C@@H](O[C@@H]3[C@@H](C)O[C@H](O[C@H]4CC[C@H](O[C@@H]5C[C@H](O[C@@H]6C[C@H](Oc7ccc(OCOCC[Si](C)(C)C)cc7)O[C@H](C)[C@H]6OC(=O)c6ccccc6)O[C@H](C)[C@H]5OS(=O)(=O)CCc5ccc([N+](=O)[O-])cc5)O[C@H]4C)C[C@H]3OCc3ccccc3)C[C@H]2OCc2ccc3ccccc3c2)O[C@H]1C. The number of nitro groups is 1. The number of esters is 2. The Kier molecular flexibility index (Phi) is 31.0. The van der Waals surface area contributed by atoms with Crippen molar-refractivity contribution in [3.8, 4) is 11.5 Å². The number of hydrogen-bond donors (Lipinski definition) is 0. The van der Waals surface area contributed by atoms with E-state index in [1.807, 2.05) is 70.2 Å². The van der Waals surface area contributed by atoms with Gasteiger partial charge in [0.1, 0.15) is 47.8 Å². The molecule has 6 saturated heterocycles. The maximum absolute atomic E-state index is 14.2. The summed E-state index contributed by atoms with van der Waals surface area (Å²) in [6.45, 7) is 20.5. The maximum Gasteiger partial charge on any atom is 0.338 e. The Balaban J connectivity index is 0.720. The van der Waals surface area contributed by atoms with E-state index < -0.39 is 176 Å². The minimum atomic E-state index is -4.35. The van der Waals surface area contributed by atoms with Crippen LogP contribution in [-0.4, -0.2) is 194 Å². The highest BCUT2D eigenvalue weighted by atomic mass is 32.2. The molecule has 0 aromatic heterocycles. The van der Waals surface area contributed by atoms with Crippen LogP contribution in [0.25, 0.3) is 10.8 Å². The van der Waals surface area contributed by atoms with Crippen LogP contribution in [0.4, 0.5) is 5.69 Å². The zero-order chi connectivity index (χ0) is 81.3. The highest BCUT2D eigenvalue weighted by Crippen LogP contribution is 2.40. The molecule has 0 spiro atoms. The third-order valence-electron chi connectivity index (χ3n) is 21.5. The van der Waals surface area contributed by atoms with Gasteiger partial charge in [-0.1, -0.05) is 117 Å². The number of ether oxygens (including phenoxy) is 18. The number of fused-ring (bicyclic) bond motifs is 1. The Morgan fingerprint density at radius 2 is 0.991 bits per heavy atom. The zero-order valence-corrected chi connectivity index (χ0v) is 68.9. The lowest BCUT2D eigenvalue weighted by atomic mass is 9.99. The normalized spacial score (nSPS) is 30.7. The molecule has 27 nitrogen and oxygen atoms in total. The second-order valence-corrected chi connectivity index (χ2v) is 39.2. The van der Waals surface area contributed by atoms with Crippen molar-refractivity contribution in [3.63, 3.8) is 0 Å². The average Bonchev–Trinajstić information content (AvgIpc) is 0.793. The van der Waals surface area contributed by atoms with Crippen LogP contribution >= 0.6 is 0 Å². The molecule has 0 radical (unpaired) electrons. The van der Waals surface area contributed by atoms with Crippen molar-refractivity contribution in [1.29, 1.82) is 0 Å². The van der Waals surface area contributed by atoms with Gasteiger partial charge < -0.3 is 90.1 Å². The molecule has 0 aliphatic carbocycles. The number of hydrogen-bond acceptors (Lipinski definition) is 26. The van der Waals surface area contributed by atoms with Crippen LogP contribution in [0.1, 0.15) is 140 Å². The zero-order valence-electron chi connectivity index (χ0n) is 67.1. The van der Waals surface area contributed by atoms with Gasteiger partial charge in [-0.15, -0.1) is 0 Å². The topological polar surface area (TPSA) is 304 Å². The average molecular weight is 1630 g/mol. The van der Waals surface area contributed by atoms with Crippen LogP contribution in [0.15, 0.2) is 152 Å². The van der Waals surface area contributed by atoms with E-state index in [1.165, 1.54) is 31.2 Å². The van der Waals surface area contributed by atoms with Gasteiger partial charge in [0, 0.05) is 71.8 Å². The molecule has 0 unspecified atom stereocenters. The van der Waals surface area contributed by atoms with E-state index in [4.69, 9.17) is 89.4 Å². The number of ketones is 1. The van der Waals surface area contributed by atoms with E-state index in [0.717, 1.165) is 27.9 Å². The Bertz CT molecular complexity index is 4200. The molecule has 0 bridgehead atoms. The number of carbonyl (C=O) groups excluding carboxylic acids is 3. The molecule has 6 aliphatic heterocycles. The van der Waals surface area contributed by atoms with Crippen molar-refractivity contribution in [3.05, 3.63) is 184 Å². The van der Waals surface area contributed by atoms with Crippen LogP contribution in [0.2, 0.25) is 25.7 Å². The Labute approximate surface area is 674 Å². The van der Waals surface area contributed by atoms with Gasteiger partial charge in [-0.3, -0.25) is 19.1 Å². The molecule has 6 aliphatic rings. The Morgan fingerprint density at radius 3 is 1.63 bits per heavy atom. The smallest absolute Gasteiger partial charge is 0.338 e. The number of benzene rings is 6. The first-order chi connectivity index (χ1) is 55.2. The van der Waals surface area contributed by atoms with Gasteiger partial charge in [0.15, 0.2) is 44.3 Å². The van der Waals surface area contributed by atoms with E-state index >= 15 is 0 Å². The van der Waals surface area contributed by atoms with E-state index in [-0.39, 0.29) is 76.4 Å². The molecule has 6 aromatic rings. The number of aryl methyl sites for hydroxylation is 1. The molecule has 0 N–H and O–H groups in total. The highest BCUT2D eigenvalue weighted by molar-refractivity contribution is 7.86. The summed E-state index contributed by atoms with van der Waals surface area (Å²) in [6.07, 6.45) is -14.5. The maximum atomic E-state index is 14.2. The molecule has 6 fully saturated rings. The third kappa shape index (κ3) is 25.6. The minimum absolute atomic E-state index is 0.00367. The highest BCUT2D eigenvalue weighted by Gasteiger charge is 2.50. The number of rotatable bonds is 36. The van der Waals surface area contributed by atoms with E-state index in [1.54, 1.807) is 68.4 Å². The molecule has 0 saturated carbocycles. The van der Waals surface area contributed by atoms with Crippen molar-refractivity contribution in [2.45, 2.75) is 293 Å². The summed E-state index contributed by atoms with van der Waals surface area (Å²) < 4.78 is 152. The predicted molar refractivity (Wildman–Crippen MR) is 422 cm³/mol. The van der Waals surface area contributed by atoms with Gasteiger partial charge in [0.05, 0.1) is 96.9 Å². The fourth-order valence-corrected chi connectivity index (χ4v) is 17.1. The van der Waals surface area contributed by atoms with E-state index in [9.17, 15) is 32.9 Å². The standard InChI is InChI=1S/C86H111NO26SSi/c1-53(88)25-38-75(89)106-69-36-40-77(100-54(69)2)110-82-56(4)103-81(47-72(82)97-51-62-26-29-63-21-17-18-24-65(63)45-62)111-83-57(5)102-79(46-71(83)96-50-61-19-13-11-14-20-61)107-70-37-39-76(99-55(70)3)108-74-49-80(104-59(7)85(74)113-114(93,94)43-41-60-27-30-66(31-28-60)87(91)92)109-73-48-78(101-58(6)84(73)112-86(90)64-22-15-12-16-23-64)105-68-34-32-67(33-35-68)98-52-95-42-44-115(8,9)10/h11-24,26-35,45,54-59,69-74,76-85H,25,36-44,46-52H2,1-10H3/t54-,55-,56+,57+,58+,59+,69-,70-,71+,72+,73+,74+,76-,77-,78-,79+,80-,81-,82+,83+,84+,85+/m0/s1. The van der Waals surface area contributed by atoms with E-state index in [2.05, 4.69) is 50.0 Å². The largest absolute Gasteiger partial charge is 0.468 e. The fourth-order valence-electron chi connectivity index (χ4n) is 15.1. The molecule has 22 atom stereocenters. The fraction of sp³-hybridized carbons (Fsp3) is 0.570. The molecule has 626 valence electrons. The number of nitro benzene ring substituents is 1. The lowest BCUT2D eigenvalue weighted by molar-refractivity contribution is -0.384. The first-order valence-corrected chi connectivity index (χ1v) is 45.5. The van der Waals surface area contributed by atoms with Crippen LogP contribution in [0.5, 0.6) is 11.5 Å². The van der Waals surface area contributed by atoms with Crippen LogP contribution < -0.4 is 9.47 Å². The Hall–Kier alpha value is -7.24. The molecule has 115 heavy (non-hydrogen) atoms. The number of nitrogens with zero attached hydrogens (tertiary/aromatic N) is 1. The quantitative estimate of drug-likeness (QED) is 0.00671. The van der Waals surface area contributed by atoms with Gasteiger partial charge in [0.2, 0.25) is 6.29 Å². The summed E-state index contributed by atoms with van der Waals surface area (Å²) in [4.78, 5) is 49.1. The van der Waals surface area contributed by atoms with Gasteiger partial charge >= 0.3 is 11.9 Å². The van der Waals surface area contributed by atoms with Crippen molar-refractivity contribution in [2.75, 3.05) is 19.2 Å². The molecule has 29 heteroatoms. The summed E-state index contributed by atoms with van der Waals surface area (Å²) in [5.74, 6) is -0.553. The van der Waals surface area contributed by atoms with E-state index in [0.29, 0.717) is 54.9 Å². The van der Waals surface area contributed by atoms with Gasteiger partial charge in [-0.05, 0) is 144 Å². The molecule has 12 rings (SSSR count). The summed E-state index contributed by atoms with van der Waals surface area (Å²) in [6, 6.07) is 46.5. The number of non-ortho nitro benzene ring substituents is 1. The van der Waals surface area contributed by atoms with Crippen LogP contribution in [0.3, 0.4) is 0 Å². The van der Waals surface area contributed by atoms with Crippen molar-refractivity contribution < 1.29 is 117 Å². The number of Topliss-reactive ketones (excluding diaryl/α,β-unsaturated/α-hetero) is 1.